The summed E-state index contributed by atoms with van der Waals surface area (Å²) in [6.07, 6.45) is 14.0. The fourth-order valence-electron chi connectivity index (χ4n) is 6.70. The molecule has 3 aliphatic rings. The molecule has 2 unspecified atom stereocenters. The highest BCUT2D eigenvalue weighted by molar-refractivity contribution is 5.29. The molecule has 0 saturated heterocycles. The summed E-state index contributed by atoms with van der Waals surface area (Å²) in [6, 6.07) is 0. The van der Waals surface area contributed by atoms with Crippen molar-refractivity contribution in [1.82, 2.24) is 0 Å². The lowest BCUT2D eigenvalue weighted by Crippen LogP contribution is -2.36. The molecule has 3 N–H and O–H groups in total. The van der Waals surface area contributed by atoms with Crippen LogP contribution in [-0.4, -0.2) is 33.1 Å². The van der Waals surface area contributed by atoms with Gasteiger partial charge in [-0.1, -0.05) is 56.6 Å². The number of rotatable bonds is 6. The van der Waals surface area contributed by atoms with Gasteiger partial charge in [0, 0.05) is 0 Å². The Hall–Kier alpha value is -0.900. The zero-order valence-electron chi connectivity index (χ0n) is 19.7. The van der Waals surface area contributed by atoms with Crippen LogP contribution in [-0.2, 0) is 0 Å². The SMILES string of the molecule is C=C1[C@H](O)CC(=C/C=C2\CCC[C@@]3(C)C2CCC3[C@@H](C)CCCC(C)(C)O)C[C@H]1O. The van der Waals surface area contributed by atoms with Gasteiger partial charge in [0.1, 0.15) is 0 Å². The summed E-state index contributed by atoms with van der Waals surface area (Å²) >= 11 is 0. The molecular weight excluding hydrogens is 372 g/mol. The minimum absolute atomic E-state index is 0.386. The molecule has 3 aliphatic carbocycles. The van der Waals surface area contributed by atoms with Crippen LogP contribution in [0.25, 0.3) is 0 Å². The van der Waals surface area contributed by atoms with E-state index in [2.05, 4.69) is 32.6 Å². The van der Waals surface area contributed by atoms with Crippen LogP contribution in [0.5, 0.6) is 0 Å². The average Bonchev–Trinajstić information content (AvgIpc) is 3.00. The first-order valence-electron chi connectivity index (χ1n) is 12.2. The van der Waals surface area contributed by atoms with Crippen molar-refractivity contribution in [2.75, 3.05) is 0 Å². The standard InChI is InChI=1S/C27H44O3/c1-18(8-6-14-26(3,4)30)22-12-13-23-21(9-7-15-27(22,23)5)11-10-20-16-24(28)19(2)25(29)17-20/h10-11,18,22-25,28-30H,2,6-9,12-17H2,1,3-5H3/b21-11+/t18-,22?,23?,24+,25+,27+/m0/s1. The number of allylic oxidation sites excluding steroid dienone is 3. The van der Waals surface area contributed by atoms with Crippen LogP contribution in [0.1, 0.15) is 91.9 Å². The molecule has 0 aliphatic heterocycles. The zero-order chi connectivity index (χ0) is 22.1. The van der Waals surface area contributed by atoms with E-state index in [1.54, 1.807) is 5.57 Å². The van der Waals surface area contributed by atoms with Crippen LogP contribution in [0, 0.1) is 23.2 Å². The second-order valence-corrected chi connectivity index (χ2v) is 11.4. The van der Waals surface area contributed by atoms with Gasteiger partial charge in [0.15, 0.2) is 0 Å². The Kier molecular flexibility index (Phi) is 7.37. The van der Waals surface area contributed by atoms with E-state index in [4.69, 9.17) is 0 Å². The van der Waals surface area contributed by atoms with Crippen molar-refractivity contribution in [2.24, 2.45) is 23.2 Å². The summed E-state index contributed by atoms with van der Waals surface area (Å²) in [4.78, 5) is 0. The van der Waals surface area contributed by atoms with E-state index in [9.17, 15) is 15.3 Å². The molecule has 0 aromatic heterocycles. The Morgan fingerprint density at radius 3 is 2.47 bits per heavy atom. The van der Waals surface area contributed by atoms with Crippen LogP contribution in [0.2, 0.25) is 0 Å². The van der Waals surface area contributed by atoms with Gasteiger partial charge in [-0.3, -0.25) is 0 Å². The monoisotopic (exact) mass is 416 g/mol. The highest BCUT2D eigenvalue weighted by Crippen LogP contribution is 2.60. The minimum atomic E-state index is -0.615. The normalized spacial score (nSPS) is 37.4. The predicted molar refractivity (Wildman–Crippen MR) is 124 cm³/mol. The molecule has 3 fully saturated rings. The Balaban J connectivity index is 1.67. The molecule has 170 valence electrons. The van der Waals surface area contributed by atoms with E-state index in [1.807, 2.05) is 13.8 Å². The highest BCUT2D eigenvalue weighted by atomic mass is 16.3. The maximum absolute atomic E-state index is 10.1. The van der Waals surface area contributed by atoms with E-state index < -0.39 is 17.8 Å². The van der Waals surface area contributed by atoms with E-state index in [-0.39, 0.29) is 0 Å². The van der Waals surface area contributed by atoms with E-state index in [0.29, 0.717) is 35.7 Å². The minimum Gasteiger partial charge on any atom is -0.390 e. The number of fused-ring (bicyclic) bond motifs is 1. The van der Waals surface area contributed by atoms with Crippen molar-refractivity contribution in [1.29, 1.82) is 0 Å². The molecule has 0 aromatic rings. The molecule has 0 heterocycles. The first-order valence-corrected chi connectivity index (χ1v) is 12.2. The highest BCUT2D eigenvalue weighted by Gasteiger charge is 2.50. The van der Waals surface area contributed by atoms with Gasteiger partial charge in [-0.25, -0.2) is 0 Å². The van der Waals surface area contributed by atoms with Crippen LogP contribution in [0.4, 0.5) is 0 Å². The van der Waals surface area contributed by atoms with Gasteiger partial charge in [0.2, 0.25) is 0 Å². The summed E-state index contributed by atoms with van der Waals surface area (Å²) in [5, 5.41) is 30.3. The van der Waals surface area contributed by atoms with Crippen molar-refractivity contribution < 1.29 is 15.3 Å². The number of aliphatic hydroxyl groups is 3. The average molecular weight is 417 g/mol. The van der Waals surface area contributed by atoms with Gasteiger partial charge in [-0.15, -0.1) is 0 Å². The van der Waals surface area contributed by atoms with Crippen LogP contribution in [0.3, 0.4) is 0 Å². The largest absolute Gasteiger partial charge is 0.390 e. The van der Waals surface area contributed by atoms with Crippen molar-refractivity contribution in [2.45, 2.75) is 110 Å². The summed E-state index contributed by atoms with van der Waals surface area (Å²) in [7, 11) is 0. The van der Waals surface area contributed by atoms with Gasteiger partial charge in [0.25, 0.3) is 0 Å². The molecule has 0 spiro atoms. The maximum atomic E-state index is 10.1. The van der Waals surface area contributed by atoms with Crippen LogP contribution in [0.15, 0.2) is 35.5 Å². The predicted octanol–water partition coefficient (Wildman–Crippen LogP) is 5.70. The summed E-state index contributed by atoms with van der Waals surface area (Å²) in [5.41, 5.74) is 3.11. The van der Waals surface area contributed by atoms with Crippen LogP contribution < -0.4 is 0 Å². The Bertz CT molecular complexity index is 667. The summed E-state index contributed by atoms with van der Waals surface area (Å²) < 4.78 is 0. The molecule has 0 amide bonds. The third-order valence-corrected chi connectivity index (χ3v) is 8.47. The maximum Gasteiger partial charge on any atom is 0.0809 e. The van der Waals surface area contributed by atoms with Crippen molar-refractivity contribution in [3.63, 3.8) is 0 Å². The van der Waals surface area contributed by atoms with Gasteiger partial charge < -0.3 is 15.3 Å². The molecule has 0 radical (unpaired) electrons. The Labute approximate surface area is 184 Å². The van der Waals surface area contributed by atoms with Crippen molar-refractivity contribution in [3.05, 3.63) is 35.5 Å². The third kappa shape index (κ3) is 5.29. The summed E-state index contributed by atoms with van der Waals surface area (Å²) in [6.45, 7) is 12.6. The molecule has 3 saturated carbocycles. The van der Waals surface area contributed by atoms with Crippen molar-refractivity contribution >= 4 is 0 Å². The van der Waals surface area contributed by atoms with Gasteiger partial charge >= 0.3 is 0 Å². The molecule has 0 bridgehead atoms. The lowest BCUT2D eigenvalue weighted by atomic mass is 9.60. The number of hydrogen-bond donors (Lipinski definition) is 3. The van der Waals surface area contributed by atoms with E-state index >= 15 is 0 Å². The quantitative estimate of drug-likeness (QED) is 0.486. The first-order chi connectivity index (χ1) is 14.0. The van der Waals surface area contributed by atoms with Crippen LogP contribution >= 0.6 is 0 Å². The lowest BCUT2D eigenvalue weighted by Gasteiger charge is -2.44. The molecule has 6 atom stereocenters. The molecular formula is C27H44O3. The lowest BCUT2D eigenvalue weighted by molar-refractivity contribution is 0.0596. The number of hydrogen-bond acceptors (Lipinski definition) is 3. The molecule has 0 aromatic carbocycles. The van der Waals surface area contributed by atoms with Gasteiger partial charge in [-0.2, -0.15) is 0 Å². The summed E-state index contributed by atoms with van der Waals surface area (Å²) in [5.74, 6) is 2.13. The fourth-order valence-corrected chi connectivity index (χ4v) is 6.70. The first kappa shape index (κ1) is 23.8. The molecule has 3 rings (SSSR count). The molecule has 3 nitrogen and oxygen atoms in total. The smallest absolute Gasteiger partial charge is 0.0809 e. The second kappa shape index (κ2) is 9.30. The third-order valence-electron chi connectivity index (χ3n) is 8.47. The van der Waals surface area contributed by atoms with E-state index in [1.165, 1.54) is 38.5 Å². The Morgan fingerprint density at radius 2 is 1.83 bits per heavy atom. The van der Waals surface area contributed by atoms with E-state index in [0.717, 1.165) is 24.3 Å². The molecule has 30 heavy (non-hydrogen) atoms. The molecule has 3 heteroatoms. The zero-order valence-corrected chi connectivity index (χ0v) is 19.7. The van der Waals surface area contributed by atoms with Crippen molar-refractivity contribution in [3.8, 4) is 0 Å². The van der Waals surface area contributed by atoms with Gasteiger partial charge in [-0.05, 0) is 94.0 Å². The van der Waals surface area contributed by atoms with Gasteiger partial charge in [0.05, 0.1) is 17.8 Å². The second-order valence-electron chi connectivity index (χ2n) is 11.4. The Morgan fingerprint density at radius 1 is 1.17 bits per heavy atom. The topological polar surface area (TPSA) is 60.7 Å². The fraction of sp³-hybridized carbons (Fsp3) is 0.778. The number of aliphatic hydroxyl groups excluding tert-OH is 2.